The maximum atomic E-state index is 13.3. The molecule has 29 heavy (non-hydrogen) atoms. The highest BCUT2D eigenvalue weighted by atomic mass is 35.5. The first-order valence-electron chi connectivity index (χ1n) is 9.50. The fourth-order valence-electron chi connectivity index (χ4n) is 3.71. The molecule has 1 aliphatic carbocycles. The van der Waals surface area contributed by atoms with Crippen molar-refractivity contribution in [2.75, 3.05) is 0 Å². The summed E-state index contributed by atoms with van der Waals surface area (Å²) in [7, 11) is 0. The van der Waals surface area contributed by atoms with Crippen molar-refractivity contribution in [1.29, 1.82) is 0 Å². The van der Waals surface area contributed by atoms with Gasteiger partial charge >= 0.3 is 0 Å². The minimum absolute atomic E-state index is 0.0595. The van der Waals surface area contributed by atoms with Crippen LogP contribution in [0.5, 0.6) is 0 Å². The summed E-state index contributed by atoms with van der Waals surface area (Å²) in [5.41, 5.74) is 2.04. The summed E-state index contributed by atoms with van der Waals surface area (Å²) in [5.74, 6) is 1.24. The van der Waals surface area contributed by atoms with Crippen molar-refractivity contribution in [3.63, 3.8) is 0 Å². The first kappa shape index (κ1) is 18.2. The summed E-state index contributed by atoms with van der Waals surface area (Å²) in [6.07, 6.45) is 1.26. The average Bonchev–Trinajstić information content (AvgIpc) is 3.11. The minimum Gasteiger partial charge on any atom is -0.459 e. The summed E-state index contributed by atoms with van der Waals surface area (Å²) in [6.45, 7) is 1.85. The van der Waals surface area contributed by atoms with E-state index < -0.39 is 0 Å². The van der Waals surface area contributed by atoms with Crippen LogP contribution < -0.4 is 5.32 Å². The largest absolute Gasteiger partial charge is 0.459 e. The SMILES string of the molecule is C[C@@H](NC(=O)C[C@@H]1C[C@@H]1c1nc2cc(Cl)ccc2o1)c1cc2cc(F)ccc2o1. The monoisotopic (exact) mass is 412 g/mol. The number of oxazole rings is 1. The molecule has 1 aliphatic rings. The van der Waals surface area contributed by atoms with Crippen LogP contribution in [0.4, 0.5) is 4.39 Å². The van der Waals surface area contributed by atoms with Crippen molar-refractivity contribution in [3.05, 3.63) is 65.0 Å². The van der Waals surface area contributed by atoms with Crippen LogP contribution in [-0.2, 0) is 4.79 Å². The van der Waals surface area contributed by atoms with Crippen LogP contribution in [0.3, 0.4) is 0 Å². The molecule has 0 unspecified atom stereocenters. The lowest BCUT2D eigenvalue weighted by Gasteiger charge is -2.11. The Labute approximate surface area is 170 Å². The van der Waals surface area contributed by atoms with Crippen molar-refractivity contribution >= 4 is 39.6 Å². The standard InChI is InChI=1S/C22H18ClFN2O3/c1-11(20-8-13-6-15(24)3-5-18(13)28-20)25-21(27)9-12-7-16(12)22-26-17-10-14(23)2-4-19(17)29-22/h2-6,8,10-12,16H,7,9H2,1H3,(H,25,27)/t11-,12+,16+/m1/s1. The highest BCUT2D eigenvalue weighted by Crippen LogP contribution is 2.49. The number of fused-ring (bicyclic) bond motifs is 2. The van der Waals surface area contributed by atoms with Gasteiger partial charge in [0.1, 0.15) is 22.7 Å². The Bertz CT molecular complexity index is 1230. The topological polar surface area (TPSA) is 68.3 Å². The van der Waals surface area contributed by atoms with Gasteiger partial charge in [-0.15, -0.1) is 0 Å². The Kier molecular flexibility index (Phi) is 4.32. The molecular formula is C22H18ClFN2O3. The molecule has 148 valence electrons. The van der Waals surface area contributed by atoms with E-state index in [0.717, 1.165) is 11.9 Å². The molecule has 1 amide bonds. The Morgan fingerprint density at radius 1 is 1.24 bits per heavy atom. The number of rotatable bonds is 5. The number of carbonyl (C=O) groups is 1. The number of nitrogens with one attached hydrogen (secondary N) is 1. The molecule has 5 rings (SSSR count). The second kappa shape index (κ2) is 6.88. The predicted molar refractivity (Wildman–Crippen MR) is 107 cm³/mol. The highest BCUT2D eigenvalue weighted by Gasteiger charge is 2.43. The Hall–Kier alpha value is -2.86. The van der Waals surface area contributed by atoms with Gasteiger partial charge in [-0.25, -0.2) is 9.37 Å². The van der Waals surface area contributed by atoms with Gasteiger partial charge in [0.25, 0.3) is 0 Å². The molecular weight excluding hydrogens is 395 g/mol. The maximum Gasteiger partial charge on any atom is 0.220 e. The van der Waals surface area contributed by atoms with Crippen molar-refractivity contribution in [3.8, 4) is 0 Å². The third kappa shape index (κ3) is 3.60. The van der Waals surface area contributed by atoms with Gasteiger partial charge in [-0.2, -0.15) is 0 Å². The molecule has 2 heterocycles. The van der Waals surface area contributed by atoms with Crippen LogP contribution >= 0.6 is 11.6 Å². The Morgan fingerprint density at radius 3 is 2.93 bits per heavy atom. The van der Waals surface area contributed by atoms with E-state index in [1.54, 1.807) is 30.3 Å². The van der Waals surface area contributed by atoms with Crippen LogP contribution in [0.25, 0.3) is 22.1 Å². The van der Waals surface area contributed by atoms with Crippen LogP contribution in [0.2, 0.25) is 5.02 Å². The number of hydrogen-bond acceptors (Lipinski definition) is 4. The predicted octanol–water partition coefficient (Wildman–Crippen LogP) is 5.74. The fraction of sp³-hybridized carbons (Fsp3) is 0.273. The molecule has 0 aliphatic heterocycles. The normalized spacial score (nSPS) is 19.6. The average molecular weight is 413 g/mol. The van der Waals surface area contributed by atoms with Gasteiger partial charge in [0.15, 0.2) is 11.5 Å². The van der Waals surface area contributed by atoms with Gasteiger partial charge in [-0.3, -0.25) is 4.79 Å². The molecule has 0 saturated heterocycles. The van der Waals surface area contributed by atoms with Gasteiger partial charge < -0.3 is 14.2 Å². The number of nitrogens with zero attached hydrogens (tertiary/aromatic N) is 1. The van der Waals surface area contributed by atoms with Crippen LogP contribution in [0.15, 0.2) is 51.3 Å². The zero-order valence-electron chi connectivity index (χ0n) is 15.6. The first-order chi connectivity index (χ1) is 14.0. The third-order valence-corrected chi connectivity index (χ3v) is 5.59. The molecule has 3 atom stereocenters. The molecule has 5 nitrogen and oxygen atoms in total. The first-order valence-corrected chi connectivity index (χ1v) is 9.88. The smallest absolute Gasteiger partial charge is 0.220 e. The lowest BCUT2D eigenvalue weighted by atomic mass is 10.2. The molecule has 1 saturated carbocycles. The van der Waals surface area contributed by atoms with E-state index in [1.165, 1.54) is 12.1 Å². The summed E-state index contributed by atoms with van der Waals surface area (Å²) in [4.78, 5) is 17.0. The zero-order chi connectivity index (χ0) is 20.1. The number of benzene rings is 2. The summed E-state index contributed by atoms with van der Waals surface area (Å²) >= 11 is 5.99. The van der Waals surface area contributed by atoms with Crippen molar-refractivity contribution in [2.45, 2.75) is 31.7 Å². The van der Waals surface area contributed by atoms with E-state index in [9.17, 15) is 9.18 Å². The Morgan fingerprint density at radius 2 is 2.07 bits per heavy atom. The number of hydrogen-bond donors (Lipinski definition) is 1. The molecule has 2 aromatic heterocycles. The van der Waals surface area contributed by atoms with Gasteiger partial charge in [0.05, 0.1) is 6.04 Å². The van der Waals surface area contributed by atoms with E-state index in [-0.39, 0.29) is 29.6 Å². The zero-order valence-corrected chi connectivity index (χ0v) is 16.4. The van der Waals surface area contributed by atoms with E-state index in [4.69, 9.17) is 20.4 Å². The lowest BCUT2D eigenvalue weighted by Crippen LogP contribution is -2.26. The number of furan rings is 1. The number of carbonyl (C=O) groups excluding carboxylic acids is 1. The fourth-order valence-corrected chi connectivity index (χ4v) is 3.88. The van der Waals surface area contributed by atoms with Crippen LogP contribution in [0, 0.1) is 11.7 Å². The van der Waals surface area contributed by atoms with Gasteiger partial charge in [0, 0.05) is 22.7 Å². The molecule has 4 aromatic rings. The van der Waals surface area contributed by atoms with Gasteiger partial charge in [-0.1, -0.05) is 11.6 Å². The number of amides is 1. The summed E-state index contributed by atoms with van der Waals surface area (Å²) in [6, 6.07) is 11.2. The minimum atomic E-state index is -0.317. The molecule has 1 fully saturated rings. The van der Waals surface area contributed by atoms with Gasteiger partial charge in [-0.05, 0) is 61.7 Å². The van der Waals surface area contributed by atoms with Crippen molar-refractivity contribution in [2.24, 2.45) is 5.92 Å². The van der Waals surface area contributed by atoms with E-state index in [0.29, 0.717) is 39.6 Å². The van der Waals surface area contributed by atoms with E-state index >= 15 is 0 Å². The van der Waals surface area contributed by atoms with Crippen LogP contribution in [0.1, 0.15) is 43.4 Å². The number of halogens is 2. The summed E-state index contributed by atoms with van der Waals surface area (Å²) in [5, 5.41) is 4.25. The quantitative estimate of drug-likeness (QED) is 0.454. The molecule has 7 heteroatoms. The molecule has 0 bridgehead atoms. The van der Waals surface area contributed by atoms with Crippen molar-refractivity contribution in [1.82, 2.24) is 10.3 Å². The molecule has 2 aromatic carbocycles. The van der Waals surface area contributed by atoms with E-state index in [2.05, 4.69) is 10.3 Å². The molecule has 1 N–H and O–H groups in total. The highest BCUT2D eigenvalue weighted by molar-refractivity contribution is 6.31. The van der Waals surface area contributed by atoms with E-state index in [1.807, 2.05) is 6.92 Å². The molecule has 0 radical (unpaired) electrons. The van der Waals surface area contributed by atoms with Crippen molar-refractivity contribution < 1.29 is 18.0 Å². The van der Waals surface area contributed by atoms with Crippen LogP contribution in [-0.4, -0.2) is 10.9 Å². The van der Waals surface area contributed by atoms with Gasteiger partial charge in [0.2, 0.25) is 5.91 Å². The summed E-state index contributed by atoms with van der Waals surface area (Å²) < 4.78 is 24.9. The Balaban J connectivity index is 1.21. The maximum absolute atomic E-state index is 13.3. The third-order valence-electron chi connectivity index (χ3n) is 5.36. The second-order valence-corrected chi connectivity index (χ2v) is 8.03. The lowest BCUT2D eigenvalue weighted by molar-refractivity contribution is -0.122. The molecule has 0 spiro atoms. The second-order valence-electron chi connectivity index (χ2n) is 7.59. The number of aromatic nitrogens is 1.